The number of nitrogens with one attached hydrogen (secondary N) is 1. The Morgan fingerprint density at radius 3 is 2.67 bits per heavy atom. The fourth-order valence-corrected chi connectivity index (χ4v) is 3.12. The van der Waals surface area contributed by atoms with Crippen LogP contribution in [0.5, 0.6) is 0 Å². The van der Waals surface area contributed by atoms with Crippen LogP contribution in [-0.2, 0) is 11.2 Å². The van der Waals surface area contributed by atoms with Crippen molar-refractivity contribution in [1.29, 1.82) is 0 Å². The summed E-state index contributed by atoms with van der Waals surface area (Å²) < 4.78 is 0. The molecular weight excluding hydrogens is 300 g/mol. The number of carbonyl (C=O) groups excluding carboxylic acids is 1. The van der Waals surface area contributed by atoms with Crippen LogP contribution in [0, 0.1) is 12.8 Å². The van der Waals surface area contributed by atoms with Crippen molar-refractivity contribution in [2.75, 3.05) is 24.5 Å². The summed E-state index contributed by atoms with van der Waals surface area (Å²) >= 11 is 0. The van der Waals surface area contributed by atoms with Crippen molar-refractivity contribution in [3.05, 3.63) is 53.9 Å². The van der Waals surface area contributed by atoms with Gasteiger partial charge in [0.15, 0.2) is 0 Å². The lowest BCUT2D eigenvalue weighted by molar-refractivity contribution is -0.120. The largest absolute Gasteiger partial charge is 0.356 e. The third-order valence-electron chi connectivity index (χ3n) is 4.48. The van der Waals surface area contributed by atoms with E-state index < -0.39 is 0 Å². The second kappa shape index (κ2) is 7.90. The minimum atomic E-state index is 0.106. The zero-order chi connectivity index (χ0) is 16.8. The third-order valence-corrected chi connectivity index (χ3v) is 4.48. The lowest BCUT2D eigenvalue weighted by atomic mass is 9.97. The molecule has 0 radical (unpaired) electrons. The summed E-state index contributed by atoms with van der Waals surface area (Å²) in [7, 11) is 0. The fourth-order valence-electron chi connectivity index (χ4n) is 3.12. The van der Waals surface area contributed by atoms with Gasteiger partial charge in [-0.1, -0.05) is 29.8 Å². The Balaban J connectivity index is 1.41. The number of rotatable bonds is 5. The van der Waals surface area contributed by atoms with Gasteiger partial charge in [0.1, 0.15) is 0 Å². The second-order valence-corrected chi connectivity index (χ2v) is 6.45. The Bertz CT molecular complexity index is 666. The summed E-state index contributed by atoms with van der Waals surface area (Å²) in [5.41, 5.74) is 2.26. The van der Waals surface area contributed by atoms with Crippen molar-refractivity contribution in [2.24, 2.45) is 5.92 Å². The molecule has 1 N–H and O–H groups in total. The molecule has 1 saturated heterocycles. The van der Waals surface area contributed by atoms with Gasteiger partial charge in [0.05, 0.1) is 6.42 Å². The van der Waals surface area contributed by atoms with E-state index in [-0.39, 0.29) is 5.91 Å². The summed E-state index contributed by atoms with van der Waals surface area (Å²) in [6, 6.07) is 9.95. The first-order valence-corrected chi connectivity index (χ1v) is 8.55. The maximum atomic E-state index is 12.1. The van der Waals surface area contributed by atoms with Crippen LogP contribution in [0.3, 0.4) is 0 Å². The normalized spacial score (nSPS) is 15.3. The molecule has 1 aliphatic heterocycles. The number of nitrogens with zero attached hydrogens (tertiary/aromatic N) is 3. The Labute approximate surface area is 143 Å². The maximum Gasteiger partial charge on any atom is 0.225 e. The van der Waals surface area contributed by atoms with Gasteiger partial charge in [0.25, 0.3) is 0 Å². The Hall–Kier alpha value is -2.43. The van der Waals surface area contributed by atoms with Crippen LogP contribution in [0.4, 0.5) is 5.95 Å². The molecule has 1 aromatic carbocycles. The molecule has 24 heavy (non-hydrogen) atoms. The SMILES string of the molecule is Cc1cccc(CC(=O)NCC2CCN(c3ncccn3)CC2)c1. The molecule has 1 amide bonds. The molecule has 0 spiro atoms. The number of amides is 1. The van der Waals surface area contributed by atoms with Crippen molar-refractivity contribution in [3.63, 3.8) is 0 Å². The van der Waals surface area contributed by atoms with Crippen LogP contribution in [-0.4, -0.2) is 35.5 Å². The average molecular weight is 324 g/mol. The fraction of sp³-hybridized carbons (Fsp3) is 0.421. The van der Waals surface area contributed by atoms with Gasteiger partial charge in [-0.05, 0) is 37.3 Å². The zero-order valence-corrected chi connectivity index (χ0v) is 14.1. The molecule has 5 heteroatoms. The van der Waals surface area contributed by atoms with E-state index in [1.165, 1.54) is 5.56 Å². The van der Waals surface area contributed by atoms with Crippen LogP contribution in [0.1, 0.15) is 24.0 Å². The molecular formula is C19H24N4O. The van der Waals surface area contributed by atoms with Crippen LogP contribution in [0.2, 0.25) is 0 Å². The second-order valence-electron chi connectivity index (χ2n) is 6.45. The van der Waals surface area contributed by atoms with Gasteiger partial charge in [-0.2, -0.15) is 0 Å². The highest BCUT2D eigenvalue weighted by molar-refractivity contribution is 5.78. The van der Waals surface area contributed by atoms with Crippen molar-refractivity contribution in [3.8, 4) is 0 Å². The van der Waals surface area contributed by atoms with Crippen molar-refractivity contribution < 1.29 is 4.79 Å². The topological polar surface area (TPSA) is 58.1 Å². The molecule has 1 aliphatic rings. The molecule has 1 fully saturated rings. The van der Waals surface area contributed by atoms with E-state index in [1.807, 2.05) is 31.2 Å². The highest BCUT2D eigenvalue weighted by Crippen LogP contribution is 2.19. The van der Waals surface area contributed by atoms with Crippen molar-refractivity contribution in [2.45, 2.75) is 26.2 Å². The van der Waals surface area contributed by atoms with Gasteiger partial charge >= 0.3 is 0 Å². The molecule has 2 aromatic rings. The molecule has 3 rings (SSSR count). The molecule has 0 saturated carbocycles. The molecule has 1 aromatic heterocycles. The van der Waals surface area contributed by atoms with Crippen LogP contribution in [0.15, 0.2) is 42.7 Å². The number of benzene rings is 1. The molecule has 0 aliphatic carbocycles. The Kier molecular flexibility index (Phi) is 5.41. The molecule has 0 bridgehead atoms. The smallest absolute Gasteiger partial charge is 0.225 e. The third kappa shape index (κ3) is 4.54. The molecule has 0 unspecified atom stereocenters. The van der Waals surface area contributed by atoms with Crippen LogP contribution < -0.4 is 10.2 Å². The number of hydrogen-bond acceptors (Lipinski definition) is 4. The monoisotopic (exact) mass is 324 g/mol. The van der Waals surface area contributed by atoms with Crippen molar-refractivity contribution in [1.82, 2.24) is 15.3 Å². The summed E-state index contributed by atoms with van der Waals surface area (Å²) in [6.07, 6.45) is 6.13. The van der Waals surface area contributed by atoms with E-state index in [4.69, 9.17) is 0 Å². The summed E-state index contributed by atoms with van der Waals surface area (Å²) in [6.45, 7) is 4.70. The van der Waals surface area contributed by atoms with E-state index in [1.54, 1.807) is 12.4 Å². The zero-order valence-electron chi connectivity index (χ0n) is 14.1. The van der Waals surface area contributed by atoms with Crippen LogP contribution in [0.25, 0.3) is 0 Å². The van der Waals surface area contributed by atoms with E-state index in [9.17, 15) is 4.79 Å². The van der Waals surface area contributed by atoms with E-state index in [0.717, 1.165) is 44.0 Å². The van der Waals surface area contributed by atoms with E-state index in [0.29, 0.717) is 12.3 Å². The van der Waals surface area contributed by atoms with E-state index >= 15 is 0 Å². The highest BCUT2D eigenvalue weighted by Gasteiger charge is 2.21. The standard InChI is InChI=1S/C19H24N4O/c1-15-4-2-5-17(12-15)13-18(24)22-14-16-6-10-23(11-7-16)19-20-8-3-9-21-19/h2-5,8-9,12,16H,6-7,10-11,13-14H2,1H3,(H,22,24). The van der Waals surface area contributed by atoms with Gasteiger partial charge in [-0.15, -0.1) is 0 Å². The summed E-state index contributed by atoms with van der Waals surface area (Å²) in [4.78, 5) is 22.9. The lowest BCUT2D eigenvalue weighted by Gasteiger charge is -2.31. The first-order valence-electron chi connectivity index (χ1n) is 8.55. The van der Waals surface area contributed by atoms with Gasteiger partial charge in [0.2, 0.25) is 11.9 Å². The first kappa shape index (κ1) is 16.4. The number of anilines is 1. The van der Waals surface area contributed by atoms with Gasteiger partial charge in [-0.25, -0.2) is 9.97 Å². The first-order chi connectivity index (χ1) is 11.7. The summed E-state index contributed by atoms with van der Waals surface area (Å²) in [5.74, 6) is 1.44. The van der Waals surface area contributed by atoms with Crippen LogP contribution >= 0.6 is 0 Å². The molecule has 2 heterocycles. The predicted molar refractivity (Wildman–Crippen MR) is 94.9 cm³/mol. The van der Waals surface area contributed by atoms with E-state index in [2.05, 4.69) is 26.3 Å². The van der Waals surface area contributed by atoms with Gasteiger partial charge in [0, 0.05) is 32.0 Å². The number of aromatic nitrogens is 2. The number of hydrogen-bond donors (Lipinski definition) is 1. The average Bonchev–Trinajstić information content (AvgIpc) is 2.61. The van der Waals surface area contributed by atoms with Gasteiger partial charge in [-0.3, -0.25) is 4.79 Å². The molecule has 0 atom stereocenters. The lowest BCUT2D eigenvalue weighted by Crippen LogP contribution is -2.39. The number of piperidine rings is 1. The number of aryl methyl sites for hydroxylation is 1. The minimum absolute atomic E-state index is 0.106. The van der Waals surface area contributed by atoms with Crippen molar-refractivity contribution >= 4 is 11.9 Å². The highest BCUT2D eigenvalue weighted by atomic mass is 16.1. The Morgan fingerprint density at radius 1 is 1.21 bits per heavy atom. The number of carbonyl (C=O) groups is 1. The Morgan fingerprint density at radius 2 is 1.96 bits per heavy atom. The molecule has 126 valence electrons. The molecule has 5 nitrogen and oxygen atoms in total. The maximum absolute atomic E-state index is 12.1. The van der Waals surface area contributed by atoms with Gasteiger partial charge < -0.3 is 10.2 Å². The minimum Gasteiger partial charge on any atom is -0.356 e. The summed E-state index contributed by atoms with van der Waals surface area (Å²) in [5, 5.41) is 3.09. The predicted octanol–water partition coefficient (Wildman–Crippen LogP) is 2.36. The quantitative estimate of drug-likeness (QED) is 0.917.